The fourth-order valence-electron chi connectivity index (χ4n) is 3.89. The van der Waals surface area contributed by atoms with Crippen molar-refractivity contribution in [3.8, 4) is 0 Å². The zero-order valence-electron chi connectivity index (χ0n) is 15.9. The monoisotopic (exact) mass is 357 g/mol. The molecule has 0 saturated carbocycles. The average molecular weight is 357 g/mol. The van der Waals surface area contributed by atoms with Gasteiger partial charge in [0.2, 0.25) is 11.8 Å². The van der Waals surface area contributed by atoms with E-state index in [1.807, 2.05) is 28.0 Å². The Labute approximate surface area is 156 Å². The summed E-state index contributed by atoms with van der Waals surface area (Å²) < 4.78 is 0. The largest absolute Gasteiger partial charge is 0.342 e. The first kappa shape index (κ1) is 18.9. The highest BCUT2D eigenvalue weighted by molar-refractivity contribution is 5.89. The molecule has 0 aromatic heterocycles. The van der Waals surface area contributed by atoms with Crippen LogP contribution in [0.25, 0.3) is 0 Å². The van der Waals surface area contributed by atoms with Gasteiger partial charge in [0.15, 0.2) is 0 Å². The normalized spacial score (nSPS) is 21.4. The second-order valence-corrected chi connectivity index (χ2v) is 7.50. The highest BCUT2D eigenvalue weighted by atomic mass is 16.2. The lowest BCUT2D eigenvalue weighted by atomic mass is 10.1. The summed E-state index contributed by atoms with van der Waals surface area (Å²) in [4.78, 5) is 31.4. The first-order valence-electron chi connectivity index (χ1n) is 10.00. The molecule has 2 saturated heterocycles. The Hall–Kier alpha value is -1.88. The summed E-state index contributed by atoms with van der Waals surface area (Å²) in [5.74, 6) is 0.150. The van der Waals surface area contributed by atoms with E-state index >= 15 is 0 Å². The maximum Gasteiger partial charge on any atom is 0.228 e. The maximum absolute atomic E-state index is 12.8. The lowest BCUT2D eigenvalue weighted by Gasteiger charge is -2.35. The average Bonchev–Trinajstić information content (AvgIpc) is 3.06. The first-order chi connectivity index (χ1) is 12.7. The van der Waals surface area contributed by atoms with Gasteiger partial charge in [-0.25, -0.2) is 0 Å². The third-order valence-electron chi connectivity index (χ3n) is 5.59. The van der Waals surface area contributed by atoms with Gasteiger partial charge in [0.1, 0.15) is 0 Å². The number of hydrogen-bond acceptors (Lipinski definition) is 3. The van der Waals surface area contributed by atoms with E-state index in [1.54, 1.807) is 0 Å². The summed E-state index contributed by atoms with van der Waals surface area (Å²) in [5, 5.41) is 0. The zero-order valence-corrected chi connectivity index (χ0v) is 15.9. The Morgan fingerprint density at radius 3 is 2.50 bits per heavy atom. The number of rotatable bonds is 7. The Morgan fingerprint density at radius 2 is 1.81 bits per heavy atom. The van der Waals surface area contributed by atoms with Gasteiger partial charge in [0.05, 0.1) is 5.92 Å². The molecule has 0 radical (unpaired) electrons. The second kappa shape index (κ2) is 9.17. The van der Waals surface area contributed by atoms with Gasteiger partial charge in [-0.3, -0.25) is 14.5 Å². The molecule has 2 amide bonds. The van der Waals surface area contributed by atoms with Gasteiger partial charge in [0, 0.05) is 45.7 Å². The number of carbonyl (C=O) groups is 2. The number of unbranched alkanes of at least 4 members (excludes halogenated alkanes) is 1. The molecular weight excluding hydrogens is 326 g/mol. The van der Waals surface area contributed by atoms with Gasteiger partial charge in [-0.05, 0) is 24.9 Å². The van der Waals surface area contributed by atoms with Crippen molar-refractivity contribution in [1.29, 1.82) is 0 Å². The molecule has 5 nitrogen and oxygen atoms in total. The SMILES string of the molecule is CCCCN1CCN(C(=O)C2CC(=O)N(CCc3ccccc3)C2)CC1. The van der Waals surface area contributed by atoms with E-state index in [0.717, 1.165) is 39.1 Å². The van der Waals surface area contributed by atoms with Gasteiger partial charge in [0.25, 0.3) is 0 Å². The van der Waals surface area contributed by atoms with Crippen LogP contribution in [0.5, 0.6) is 0 Å². The van der Waals surface area contributed by atoms with Crippen LogP contribution >= 0.6 is 0 Å². The Balaban J connectivity index is 1.45. The minimum atomic E-state index is -0.152. The number of carbonyl (C=O) groups excluding carboxylic acids is 2. The van der Waals surface area contributed by atoms with Gasteiger partial charge < -0.3 is 9.80 Å². The number of amides is 2. The lowest BCUT2D eigenvalue weighted by molar-refractivity contribution is -0.137. The molecule has 1 aromatic carbocycles. The standard InChI is InChI=1S/C21H31N3O2/c1-2-3-10-22-12-14-23(15-13-22)21(26)19-16-20(25)24(17-19)11-9-18-7-5-4-6-8-18/h4-8,19H,2-3,9-17H2,1H3. The topological polar surface area (TPSA) is 43.9 Å². The van der Waals surface area contributed by atoms with Crippen molar-refractivity contribution in [2.24, 2.45) is 5.92 Å². The smallest absolute Gasteiger partial charge is 0.228 e. The van der Waals surface area contributed by atoms with Crippen molar-refractivity contribution in [2.75, 3.05) is 45.8 Å². The van der Waals surface area contributed by atoms with E-state index in [9.17, 15) is 9.59 Å². The van der Waals surface area contributed by atoms with E-state index in [2.05, 4.69) is 24.0 Å². The van der Waals surface area contributed by atoms with E-state index in [-0.39, 0.29) is 17.7 Å². The molecular formula is C21H31N3O2. The highest BCUT2D eigenvalue weighted by Crippen LogP contribution is 2.21. The molecule has 2 heterocycles. The summed E-state index contributed by atoms with van der Waals surface area (Å²) in [7, 11) is 0. The van der Waals surface area contributed by atoms with Crippen molar-refractivity contribution in [2.45, 2.75) is 32.6 Å². The van der Waals surface area contributed by atoms with Crippen molar-refractivity contribution in [3.05, 3.63) is 35.9 Å². The second-order valence-electron chi connectivity index (χ2n) is 7.50. The van der Waals surface area contributed by atoms with Gasteiger partial charge in [-0.1, -0.05) is 43.7 Å². The summed E-state index contributed by atoms with van der Waals surface area (Å²) in [6, 6.07) is 10.2. The lowest BCUT2D eigenvalue weighted by Crippen LogP contribution is -2.50. The molecule has 2 fully saturated rings. The van der Waals surface area contributed by atoms with Crippen LogP contribution < -0.4 is 0 Å². The van der Waals surface area contributed by atoms with Crippen molar-refractivity contribution < 1.29 is 9.59 Å². The van der Waals surface area contributed by atoms with Crippen LogP contribution in [0.15, 0.2) is 30.3 Å². The number of piperazine rings is 1. The number of nitrogens with zero attached hydrogens (tertiary/aromatic N) is 3. The summed E-state index contributed by atoms with van der Waals surface area (Å²) in [5.41, 5.74) is 1.23. The fourth-order valence-corrected chi connectivity index (χ4v) is 3.89. The Morgan fingerprint density at radius 1 is 1.08 bits per heavy atom. The van der Waals surface area contributed by atoms with Crippen LogP contribution in [0.4, 0.5) is 0 Å². The molecule has 0 aliphatic carbocycles. The Bertz CT molecular complexity index is 597. The molecule has 0 spiro atoms. The van der Waals surface area contributed by atoms with Crippen LogP contribution in [0.2, 0.25) is 0 Å². The third-order valence-corrected chi connectivity index (χ3v) is 5.59. The van der Waals surface area contributed by atoms with Gasteiger partial charge >= 0.3 is 0 Å². The number of benzene rings is 1. The number of likely N-dealkylation sites (tertiary alicyclic amines) is 1. The minimum absolute atomic E-state index is 0.126. The van der Waals surface area contributed by atoms with Crippen molar-refractivity contribution in [3.63, 3.8) is 0 Å². The molecule has 1 atom stereocenters. The first-order valence-corrected chi connectivity index (χ1v) is 10.00. The quantitative estimate of drug-likeness (QED) is 0.750. The van der Waals surface area contributed by atoms with Crippen LogP contribution in [-0.2, 0) is 16.0 Å². The molecule has 2 aliphatic heterocycles. The third kappa shape index (κ3) is 4.85. The fraction of sp³-hybridized carbons (Fsp3) is 0.619. The van der Waals surface area contributed by atoms with Crippen molar-refractivity contribution >= 4 is 11.8 Å². The predicted octanol–water partition coefficient (Wildman–Crippen LogP) is 2.02. The van der Waals surface area contributed by atoms with Crippen LogP contribution in [0, 0.1) is 5.92 Å². The molecule has 0 bridgehead atoms. The molecule has 3 rings (SSSR count). The molecule has 142 valence electrons. The zero-order chi connectivity index (χ0) is 18.4. The summed E-state index contributed by atoms with van der Waals surface area (Å²) in [6.07, 6.45) is 3.66. The van der Waals surface area contributed by atoms with Crippen LogP contribution in [-0.4, -0.2) is 72.3 Å². The molecule has 0 N–H and O–H groups in total. The molecule has 1 aromatic rings. The van der Waals surface area contributed by atoms with Crippen LogP contribution in [0.1, 0.15) is 31.7 Å². The van der Waals surface area contributed by atoms with E-state index in [1.165, 1.54) is 18.4 Å². The molecule has 1 unspecified atom stereocenters. The summed E-state index contributed by atoms with van der Waals surface area (Å²) >= 11 is 0. The van der Waals surface area contributed by atoms with E-state index in [0.29, 0.717) is 19.5 Å². The highest BCUT2D eigenvalue weighted by Gasteiger charge is 2.36. The van der Waals surface area contributed by atoms with Crippen molar-refractivity contribution in [1.82, 2.24) is 14.7 Å². The van der Waals surface area contributed by atoms with Gasteiger partial charge in [-0.2, -0.15) is 0 Å². The molecule has 2 aliphatic rings. The van der Waals surface area contributed by atoms with E-state index < -0.39 is 0 Å². The molecule has 5 heteroatoms. The summed E-state index contributed by atoms with van der Waals surface area (Å²) in [6.45, 7) is 8.16. The van der Waals surface area contributed by atoms with Gasteiger partial charge in [-0.15, -0.1) is 0 Å². The maximum atomic E-state index is 12.8. The minimum Gasteiger partial charge on any atom is -0.342 e. The van der Waals surface area contributed by atoms with E-state index in [4.69, 9.17) is 0 Å². The van der Waals surface area contributed by atoms with Crippen LogP contribution in [0.3, 0.4) is 0 Å². The molecule has 26 heavy (non-hydrogen) atoms. The Kier molecular flexibility index (Phi) is 6.67. The predicted molar refractivity (Wildman–Crippen MR) is 103 cm³/mol. The number of hydrogen-bond donors (Lipinski definition) is 0.